The predicted molar refractivity (Wildman–Crippen MR) is 73.3 cm³/mol. The highest BCUT2D eigenvalue weighted by atomic mass is 16.5. The van der Waals surface area contributed by atoms with Gasteiger partial charge >= 0.3 is 0 Å². The van der Waals surface area contributed by atoms with E-state index in [1.807, 2.05) is 7.11 Å². The standard InChI is InChI=1S/C15H27NO3/c1-17-12-5-6-15-14(10-12)16(7-9-19-15)11-13-4-2-3-8-18-13/h12-15H,2-11H2,1H3/t12-,13+,14+,15+/m1/s1. The second kappa shape index (κ2) is 6.53. The van der Waals surface area contributed by atoms with E-state index in [-0.39, 0.29) is 0 Å². The summed E-state index contributed by atoms with van der Waals surface area (Å²) in [5.74, 6) is 0. The molecule has 110 valence electrons. The number of nitrogens with zero attached hydrogens (tertiary/aromatic N) is 1. The minimum absolute atomic E-state index is 0.415. The molecule has 19 heavy (non-hydrogen) atoms. The van der Waals surface area contributed by atoms with Crippen LogP contribution < -0.4 is 0 Å². The molecule has 3 aliphatic rings. The summed E-state index contributed by atoms with van der Waals surface area (Å²) in [6.45, 7) is 3.97. The van der Waals surface area contributed by atoms with Crippen LogP contribution in [0, 0.1) is 0 Å². The summed E-state index contributed by atoms with van der Waals surface area (Å²) >= 11 is 0. The van der Waals surface area contributed by atoms with Gasteiger partial charge in [0.1, 0.15) is 0 Å². The van der Waals surface area contributed by atoms with Crippen molar-refractivity contribution in [3.63, 3.8) is 0 Å². The fraction of sp³-hybridized carbons (Fsp3) is 1.00. The Morgan fingerprint density at radius 2 is 2.05 bits per heavy atom. The molecular weight excluding hydrogens is 242 g/mol. The molecule has 2 aliphatic heterocycles. The molecule has 0 aromatic heterocycles. The third kappa shape index (κ3) is 3.30. The molecule has 2 saturated heterocycles. The molecule has 4 nitrogen and oxygen atoms in total. The van der Waals surface area contributed by atoms with E-state index in [0.717, 1.165) is 45.6 Å². The highest BCUT2D eigenvalue weighted by Gasteiger charge is 2.38. The number of morpholine rings is 1. The van der Waals surface area contributed by atoms with Gasteiger partial charge in [-0.1, -0.05) is 0 Å². The Labute approximate surface area is 116 Å². The van der Waals surface area contributed by atoms with E-state index in [1.165, 1.54) is 19.3 Å². The molecule has 0 amide bonds. The van der Waals surface area contributed by atoms with Gasteiger partial charge in [0.2, 0.25) is 0 Å². The van der Waals surface area contributed by atoms with E-state index in [0.29, 0.717) is 24.4 Å². The summed E-state index contributed by atoms with van der Waals surface area (Å²) in [6.07, 6.45) is 8.46. The number of hydrogen-bond donors (Lipinski definition) is 0. The first kappa shape index (κ1) is 13.8. The first-order chi connectivity index (χ1) is 9.36. The van der Waals surface area contributed by atoms with Crippen molar-refractivity contribution in [1.29, 1.82) is 0 Å². The fourth-order valence-electron chi connectivity index (χ4n) is 3.80. The molecule has 3 rings (SSSR count). The Bertz CT molecular complexity index is 281. The van der Waals surface area contributed by atoms with Gasteiger partial charge < -0.3 is 14.2 Å². The van der Waals surface area contributed by atoms with Crippen molar-refractivity contribution < 1.29 is 14.2 Å². The number of hydrogen-bond acceptors (Lipinski definition) is 4. The molecule has 0 unspecified atom stereocenters. The van der Waals surface area contributed by atoms with E-state index in [9.17, 15) is 0 Å². The summed E-state index contributed by atoms with van der Waals surface area (Å²) in [5.41, 5.74) is 0. The van der Waals surface area contributed by atoms with Gasteiger partial charge in [-0.2, -0.15) is 0 Å². The van der Waals surface area contributed by atoms with Crippen molar-refractivity contribution in [2.45, 2.75) is 62.9 Å². The predicted octanol–water partition coefficient (Wildman–Crippen LogP) is 1.82. The van der Waals surface area contributed by atoms with Gasteiger partial charge in [0.25, 0.3) is 0 Å². The van der Waals surface area contributed by atoms with Crippen LogP contribution in [0.3, 0.4) is 0 Å². The Morgan fingerprint density at radius 1 is 1.11 bits per heavy atom. The summed E-state index contributed by atoms with van der Waals surface area (Å²) in [4.78, 5) is 2.61. The second-order valence-electron chi connectivity index (χ2n) is 6.13. The van der Waals surface area contributed by atoms with Crippen LogP contribution in [0.1, 0.15) is 38.5 Å². The molecular formula is C15H27NO3. The van der Waals surface area contributed by atoms with Gasteiger partial charge in [0.15, 0.2) is 0 Å². The average molecular weight is 269 g/mol. The van der Waals surface area contributed by atoms with Crippen molar-refractivity contribution in [3.8, 4) is 0 Å². The Morgan fingerprint density at radius 3 is 2.84 bits per heavy atom. The topological polar surface area (TPSA) is 30.9 Å². The van der Waals surface area contributed by atoms with Crippen LogP contribution in [0.15, 0.2) is 0 Å². The van der Waals surface area contributed by atoms with E-state index in [4.69, 9.17) is 14.2 Å². The molecule has 3 fully saturated rings. The normalized spacial score (nSPS) is 40.9. The van der Waals surface area contributed by atoms with E-state index in [1.54, 1.807) is 0 Å². The Hall–Kier alpha value is -0.160. The Balaban J connectivity index is 1.59. The van der Waals surface area contributed by atoms with Crippen LogP contribution in [0.4, 0.5) is 0 Å². The lowest BCUT2D eigenvalue weighted by atomic mass is 9.87. The SMILES string of the molecule is CO[C@@H]1CC[C@@H]2OCCN(C[C@@H]3CCCCO3)[C@H]2C1. The maximum absolute atomic E-state index is 5.96. The molecule has 0 aromatic carbocycles. The third-order valence-corrected chi connectivity index (χ3v) is 4.93. The van der Waals surface area contributed by atoms with Crippen molar-refractivity contribution in [2.75, 3.05) is 33.4 Å². The number of methoxy groups -OCH3 is 1. The largest absolute Gasteiger partial charge is 0.381 e. The Kier molecular flexibility index (Phi) is 4.74. The molecule has 4 atom stereocenters. The average Bonchev–Trinajstić information content (AvgIpc) is 2.48. The first-order valence-corrected chi connectivity index (χ1v) is 7.87. The van der Waals surface area contributed by atoms with Crippen LogP contribution >= 0.6 is 0 Å². The molecule has 1 aliphatic carbocycles. The lowest BCUT2D eigenvalue weighted by Crippen LogP contribution is -2.56. The highest BCUT2D eigenvalue weighted by molar-refractivity contribution is 4.91. The monoisotopic (exact) mass is 269 g/mol. The summed E-state index contributed by atoms with van der Waals surface area (Å²) in [6, 6.07) is 0.540. The van der Waals surface area contributed by atoms with Crippen molar-refractivity contribution in [1.82, 2.24) is 4.90 Å². The van der Waals surface area contributed by atoms with Crippen molar-refractivity contribution >= 4 is 0 Å². The summed E-state index contributed by atoms with van der Waals surface area (Å²) < 4.78 is 17.4. The van der Waals surface area contributed by atoms with Crippen LogP contribution in [0.2, 0.25) is 0 Å². The molecule has 1 saturated carbocycles. The maximum Gasteiger partial charge on any atom is 0.0732 e. The van der Waals surface area contributed by atoms with Gasteiger partial charge in [-0.3, -0.25) is 4.90 Å². The van der Waals surface area contributed by atoms with E-state index < -0.39 is 0 Å². The number of fused-ring (bicyclic) bond motifs is 1. The minimum atomic E-state index is 0.415. The quantitative estimate of drug-likeness (QED) is 0.782. The smallest absolute Gasteiger partial charge is 0.0732 e. The molecule has 0 spiro atoms. The zero-order chi connectivity index (χ0) is 13.1. The molecule has 0 N–H and O–H groups in total. The lowest BCUT2D eigenvalue weighted by molar-refractivity contribution is -0.126. The maximum atomic E-state index is 5.96. The first-order valence-electron chi connectivity index (χ1n) is 7.87. The van der Waals surface area contributed by atoms with Crippen LogP contribution in [-0.2, 0) is 14.2 Å². The number of rotatable bonds is 3. The van der Waals surface area contributed by atoms with Crippen LogP contribution in [0.5, 0.6) is 0 Å². The zero-order valence-electron chi connectivity index (χ0n) is 12.1. The molecule has 0 radical (unpaired) electrons. The van der Waals surface area contributed by atoms with Gasteiger partial charge in [-0.25, -0.2) is 0 Å². The van der Waals surface area contributed by atoms with E-state index in [2.05, 4.69) is 4.90 Å². The summed E-state index contributed by atoms with van der Waals surface area (Å²) in [5, 5.41) is 0. The van der Waals surface area contributed by atoms with Gasteiger partial charge in [-0.15, -0.1) is 0 Å². The third-order valence-electron chi connectivity index (χ3n) is 4.93. The van der Waals surface area contributed by atoms with Crippen LogP contribution in [0.25, 0.3) is 0 Å². The van der Waals surface area contributed by atoms with E-state index >= 15 is 0 Å². The van der Waals surface area contributed by atoms with Gasteiger partial charge in [-0.05, 0) is 38.5 Å². The molecule has 4 heteroatoms. The lowest BCUT2D eigenvalue weighted by Gasteiger charge is -2.46. The molecule has 0 aromatic rings. The fourth-order valence-corrected chi connectivity index (χ4v) is 3.80. The summed E-state index contributed by atoms with van der Waals surface area (Å²) in [7, 11) is 1.84. The van der Waals surface area contributed by atoms with Crippen LogP contribution in [-0.4, -0.2) is 62.7 Å². The highest BCUT2D eigenvalue weighted by Crippen LogP contribution is 2.30. The molecule has 0 bridgehead atoms. The number of ether oxygens (including phenoxy) is 3. The second-order valence-corrected chi connectivity index (χ2v) is 6.13. The molecule has 2 heterocycles. The van der Waals surface area contributed by atoms with Gasteiger partial charge in [0.05, 0.1) is 24.9 Å². The van der Waals surface area contributed by atoms with Crippen molar-refractivity contribution in [3.05, 3.63) is 0 Å². The zero-order valence-corrected chi connectivity index (χ0v) is 12.1. The minimum Gasteiger partial charge on any atom is -0.381 e. The van der Waals surface area contributed by atoms with Gasteiger partial charge in [0, 0.05) is 32.8 Å². The van der Waals surface area contributed by atoms with Crippen molar-refractivity contribution in [2.24, 2.45) is 0 Å².